The monoisotopic (exact) mass is 346 g/mol. The molecule has 0 fully saturated rings. The van der Waals surface area contributed by atoms with Gasteiger partial charge in [-0.3, -0.25) is 9.78 Å². The molecule has 0 spiro atoms. The highest BCUT2D eigenvalue weighted by Crippen LogP contribution is 2.27. The maximum atomic E-state index is 12.5. The molecule has 0 unspecified atom stereocenters. The van der Waals surface area contributed by atoms with E-state index in [0.717, 1.165) is 29.6 Å². The minimum Gasteiger partial charge on any atom is -0.348 e. The molecule has 5 nitrogen and oxygen atoms in total. The van der Waals surface area contributed by atoms with Crippen molar-refractivity contribution in [2.45, 2.75) is 12.7 Å². The molecule has 0 saturated carbocycles. The lowest BCUT2D eigenvalue weighted by Crippen LogP contribution is -2.23. The van der Waals surface area contributed by atoms with Gasteiger partial charge in [-0.1, -0.05) is 12.1 Å². The summed E-state index contributed by atoms with van der Waals surface area (Å²) in [5.41, 5.74) is 0.774. The molecule has 0 bridgehead atoms. The number of amides is 1. The Balaban J connectivity index is 1.60. The summed E-state index contributed by atoms with van der Waals surface area (Å²) in [7, 11) is 0. The van der Waals surface area contributed by atoms with Crippen molar-refractivity contribution in [3.63, 3.8) is 0 Å². The van der Waals surface area contributed by atoms with E-state index in [0.29, 0.717) is 0 Å². The van der Waals surface area contributed by atoms with Gasteiger partial charge in [-0.2, -0.15) is 18.3 Å². The standard InChI is InChI=1S/C17H13F3N4O/c18-17(19,20)15-7-4-13(11-21-15)16(25)22-10-12-2-5-14(6-3-12)24-9-1-8-23-24/h1-9,11H,10H2,(H,22,25). The highest BCUT2D eigenvalue weighted by Gasteiger charge is 2.32. The first-order chi connectivity index (χ1) is 11.9. The predicted octanol–water partition coefficient (Wildman–Crippen LogP) is 3.22. The molecular weight excluding hydrogens is 333 g/mol. The van der Waals surface area contributed by atoms with Crippen LogP contribution < -0.4 is 5.32 Å². The number of hydrogen-bond acceptors (Lipinski definition) is 3. The SMILES string of the molecule is O=C(NCc1ccc(-n2cccn2)cc1)c1ccc(C(F)(F)F)nc1. The summed E-state index contributed by atoms with van der Waals surface area (Å²) in [6.07, 6.45) is -0.120. The fourth-order valence-corrected chi connectivity index (χ4v) is 2.17. The van der Waals surface area contributed by atoms with E-state index in [1.807, 2.05) is 36.5 Å². The number of nitrogens with one attached hydrogen (secondary N) is 1. The number of hydrogen-bond donors (Lipinski definition) is 1. The Kier molecular flexibility index (Phi) is 4.51. The molecule has 2 heterocycles. The molecule has 0 saturated heterocycles. The van der Waals surface area contributed by atoms with Crippen LogP contribution in [0.25, 0.3) is 5.69 Å². The number of rotatable bonds is 4. The Bertz CT molecular complexity index is 841. The smallest absolute Gasteiger partial charge is 0.348 e. The van der Waals surface area contributed by atoms with Crippen LogP contribution in [0.4, 0.5) is 13.2 Å². The number of alkyl halides is 3. The number of halogens is 3. The van der Waals surface area contributed by atoms with Gasteiger partial charge in [0.15, 0.2) is 0 Å². The number of carbonyl (C=O) groups excluding carboxylic acids is 1. The van der Waals surface area contributed by atoms with Gasteiger partial charge >= 0.3 is 6.18 Å². The molecule has 1 aromatic carbocycles. The van der Waals surface area contributed by atoms with Crippen LogP contribution in [0, 0.1) is 0 Å². The largest absolute Gasteiger partial charge is 0.433 e. The molecule has 3 rings (SSSR count). The Morgan fingerprint density at radius 3 is 2.44 bits per heavy atom. The molecule has 25 heavy (non-hydrogen) atoms. The normalized spacial score (nSPS) is 11.3. The fourth-order valence-electron chi connectivity index (χ4n) is 2.17. The van der Waals surface area contributed by atoms with E-state index in [1.54, 1.807) is 10.9 Å². The van der Waals surface area contributed by atoms with Gasteiger partial charge in [0.25, 0.3) is 5.91 Å². The van der Waals surface area contributed by atoms with E-state index >= 15 is 0 Å². The molecule has 0 aliphatic carbocycles. The van der Waals surface area contributed by atoms with Crippen LogP contribution in [-0.2, 0) is 12.7 Å². The van der Waals surface area contributed by atoms with Crippen LogP contribution in [0.3, 0.4) is 0 Å². The molecule has 1 amide bonds. The predicted molar refractivity (Wildman–Crippen MR) is 84.0 cm³/mol. The lowest BCUT2D eigenvalue weighted by atomic mass is 10.2. The van der Waals surface area contributed by atoms with Crippen LogP contribution in [0.15, 0.2) is 61.1 Å². The van der Waals surface area contributed by atoms with Crippen molar-refractivity contribution in [2.24, 2.45) is 0 Å². The van der Waals surface area contributed by atoms with E-state index in [9.17, 15) is 18.0 Å². The van der Waals surface area contributed by atoms with Crippen LogP contribution >= 0.6 is 0 Å². The van der Waals surface area contributed by atoms with Gasteiger partial charge in [-0.15, -0.1) is 0 Å². The number of pyridine rings is 1. The van der Waals surface area contributed by atoms with E-state index in [-0.39, 0.29) is 12.1 Å². The Hall–Kier alpha value is -3.16. The first-order valence-electron chi connectivity index (χ1n) is 7.34. The zero-order chi connectivity index (χ0) is 17.9. The second kappa shape index (κ2) is 6.76. The van der Waals surface area contributed by atoms with Gasteiger partial charge in [0.05, 0.1) is 11.3 Å². The molecule has 2 aromatic heterocycles. The maximum absolute atomic E-state index is 12.5. The number of benzene rings is 1. The summed E-state index contributed by atoms with van der Waals surface area (Å²) in [4.78, 5) is 15.3. The van der Waals surface area contributed by atoms with E-state index in [2.05, 4.69) is 15.4 Å². The minimum atomic E-state index is -4.52. The lowest BCUT2D eigenvalue weighted by Gasteiger charge is -2.08. The summed E-state index contributed by atoms with van der Waals surface area (Å²) in [6.45, 7) is 0.249. The average molecular weight is 346 g/mol. The number of aromatic nitrogens is 3. The average Bonchev–Trinajstić information content (AvgIpc) is 3.14. The molecule has 0 atom stereocenters. The Morgan fingerprint density at radius 1 is 1.12 bits per heavy atom. The van der Waals surface area contributed by atoms with E-state index < -0.39 is 17.8 Å². The first-order valence-corrected chi connectivity index (χ1v) is 7.34. The summed E-state index contributed by atoms with van der Waals surface area (Å²) in [5.74, 6) is -0.489. The summed E-state index contributed by atoms with van der Waals surface area (Å²) in [5, 5.41) is 6.76. The third-order valence-electron chi connectivity index (χ3n) is 3.47. The second-order valence-electron chi connectivity index (χ2n) is 5.23. The molecular formula is C17H13F3N4O. The topological polar surface area (TPSA) is 59.8 Å². The highest BCUT2D eigenvalue weighted by molar-refractivity contribution is 5.93. The summed E-state index contributed by atoms with van der Waals surface area (Å²) >= 11 is 0. The summed E-state index contributed by atoms with van der Waals surface area (Å²) in [6, 6.07) is 11.1. The molecule has 0 radical (unpaired) electrons. The van der Waals surface area contributed by atoms with Crippen LogP contribution in [0.2, 0.25) is 0 Å². The van der Waals surface area contributed by atoms with Crippen LogP contribution in [0.5, 0.6) is 0 Å². The maximum Gasteiger partial charge on any atom is 0.433 e. The van der Waals surface area contributed by atoms with Gasteiger partial charge in [0.2, 0.25) is 0 Å². The third-order valence-corrected chi connectivity index (χ3v) is 3.47. The van der Waals surface area contributed by atoms with Crippen molar-refractivity contribution in [2.75, 3.05) is 0 Å². The van der Waals surface area contributed by atoms with Gasteiger partial charge < -0.3 is 5.32 Å². The molecule has 0 aliphatic rings. The Morgan fingerprint density at radius 2 is 1.88 bits per heavy atom. The zero-order valence-corrected chi connectivity index (χ0v) is 12.9. The summed E-state index contributed by atoms with van der Waals surface area (Å²) < 4.78 is 39.1. The lowest BCUT2D eigenvalue weighted by molar-refractivity contribution is -0.141. The Labute approximate surface area is 141 Å². The van der Waals surface area contributed by atoms with Crippen molar-refractivity contribution in [1.29, 1.82) is 0 Å². The van der Waals surface area contributed by atoms with Crippen LogP contribution in [0.1, 0.15) is 21.6 Å². The van der Waals surface area contributed by atoms with Gasteiger partial charge in [0.1, 0.15) is 5.69 Å². The quantitative estimate of drug-likeness (QED) is 0.789. The van der Waals surface area contributed by atoms with Crippen molar-refractivity contribution < 1.29 is 18.0 Å². The molecule has 0 aliphatic heterocycles. The van der Waals surface area contributed by atoms with Crippen LogP contribution in [-0.4, -0.2) is 20.7 Å². The molecule has 128 valence electrons. The minimum absolute atomic E-state index is 0.0705. The third kappa shape index (κ3) is 4.03. The highest BCUT2D eigenvalue weighted by atomic mass is 19.4. The van der Waals surface area contributed by atoms with Gasteiger partial charge in [0, 0.05) is 25.1 Å². The van der Waals surface area contributed by atoms with Crippen molar-refractivity contribution in [1.82, 2.24) is 20.1 Å². The van der Waals surface area contributed by atoms with E-state index in [4.69, 9.17) is 0 Å². The van der Waals surface area contributed by atoms with Crippen molar-refractivity contribution in [3.05, 3.63) is 77.9 Å². The molecule has 8 heteroatoms. The molecule has 3 aromatic rings. The molecule has 1 N–H and O–H groups in total. The first kappa shape index (κ1) is 16.7. The second-order valence-corrected chi connectivity index (χ2v) is 5.23. The van der Waals surface area contributed by atoms with Crippen molar-refractivity contribution in [3.8, 4) is 5.69 Å². The van der Waals surface area contributed by atoms with Gasteiger partial charge in [-0.05, 0) is 35.9 Å². The number of nitrogens with zero attached hydrogens (tertiary/aromatic N) is 3. The van der Waals surface area contributed by atoms with E-state index in [1.165, 1.54) is 0 Å². The van der Waals surface area contributed by atoms with Gasteiger partial charge in [-0.25, -0.2) is 4.68 Å². The fraction of sp³-hybridized carbons (Fsp3) is 0.118. The number of carbonyl (C=O) groups is 1. The zero-order valence-electron chi connectivity index (χ0n) is 12.9. The van der Waals surface area contributed by atoms with Crippen molar-refractivity contribution >= 4 is 5.91 Å².